The number of imidazole rings is 1. The number of esters is 1. The summed E-state index contributed by atoms with van der Waals surface area (Å²) in [4.78, 5) is 18.2. The highest BCUT2D eigenvalue weighted by molar-refractivity contribution is 5.90. The molecule has 0 bridgehead atoms. The van der Waals surface area contributed by atoms with Gasteiger partial charge in [-0.2, -0.15) is 0 Å². The quantitative estimate of drug-likeness (QED) is 0.860. The van der Waals surface area contributed by atoms with E-state index in [0.717, 1.165) is 5.56 Å². The van der Waals surface area contributed by atoms with E-state index in [4.69, 9.17) is 4.74 Å². The van der Waals surface area contributed by atoms with Crippen molar-refractivity contribution in [1.29, 1.82) is 0 Å². The molecule has 0 aromatic carbocycles. The number of carbonyl (C=O) groups excluding carboxylic acids is 1. The van der Waals surface area contributed by atoms with Crippen molar-refractivity contribution in [2.75, 3.05) is 20.7 Å². The highest BCUT2D eigenvalue weighted by atomic mass is 16.5. The minimum atomic E-state index is -0.433. The molecule has 6 heteroatoms. The first-order valence-electron chi connectivity index (χ1n) is 6.47. The van der Waals surface area contributed by atoms with E-state index < -0.39 is 5.97 Å². The van der Waals surface area contributed by atoms with Crippen molar-refractivity contribution in [3.8, 4) is 5.75 Å². The number of aromatic nitrogens is 2. The third kappa shape index (κ3) is 2.46. The number of aryl methyl sites for hydroxylation is 1. The van der Waals surface area contributed by atoms with E-state index >= 15 is 0 Å². The zero-order chi connectivity index (χ0) is 14.9. The number of aromatic hydroxyl groups is 1. The maximum absolute atomic E-state index is 11.9. The highest BCUT2D eigenvalue weighted by Crippen LogP contribution is 2.26. The first-order chi connectivity index (χ1) is 9.45. The normalized spacial score (nSPS) is 11.2. The van der Waals surface area contributed by atoms with Crippen molar-refractivity contribution < 1.29 is 14.6 Å². The predicted octanol–water partition coefficient (Wildman–Crippen LogP) is 1.59. The predicted molar refractivity (Wildman–Crippen MR) is 74.9 cm³/mol. The molecular weight excluding hydrogens is 258 g/mol. The Morgan fingerprint density at radius 3 is 2.80 bits per heavy atom. The van der Waals surface area contributed by atoms with E-state index in [0.29, 0.717) is 30.2 Å². The van der Waals surface area contributed by atoms with Crippen molar-refractivity contribution in [2.24, 2.45) is 0 Å². The van der Waals surface area contributed by atoms with Crippen LogP contribution in [0.5, 0.6) is 5.75 Å². The second-order valence-corrected chi connectivity index (χ2v) is 4.89. The number of pyridine rings is 1. The first kappa shape index (κ1) is 14.3. The van der Waals surface area contributed by atoms with Gasteiger partial charge >= 0.3 is 5.97 Å². The van der Waals surface area contributed by atoms with Crippen LogP contribution >= 0.6 is 0 Å². The summed E-state index contributed by atoms with van der Waals surface area (Å²) in [5, 5.41) is 10.3. The molecule has 0 unspecified atom stereocenters. The number of hydrogen-bond acceptors (Lipinski definition) is 5. The Morgan fingerprint density at radius 1 is 1.50 bits per heavy atom. The van der Waals surface area contributed by atoms with Crippen molar-refractivity contribution >= 4 is 11.6 Å². The molecule has 0 saturated heterocycles. The lowest BCUT2D eigenvalue weighted by molar-refractivity contribution is 0.0517. The Kier molecular flexibility index (Phi) is 3.94. The van der Waals surface area contributed by atoms with Gasteiger partial charge in [-0.05, 0) is 34.0 Å². The molecule has 0 radical (unpaired) electrons. The summed E-state index contributed by atoms with van der Waals surface area (Å²) in [5.41, 5.74) is 2.04. The lowest BCUT2D eigenvalue weighted by atomic mass is 10.2. The molecule has 0 atom stereocenters. The second-order valence-electron chi connectivity index (χ2n) is 4.89. The summed E-state index contributed by atoms with van der Waals surface area (Å²) >= 11 is 0. The molecule has 0 aliphatic rings. The molecule has 2 aromatic rings. The van der Waals surface area contributed by atoms with Crippen molar-refractivity contribution in [1.82, 2.24) is 14.3 Å². The Morgan fingerprint density at radius 2 is 2.20 bits per heavy atom. The fraction of sp³-hybridized carbons (Fsp3) is 0.429. The van der Waals surface area contributed by atoms with E-state index in [2.05, 4.69) is 4.98 Å². The number of nitrogens with zero attached hydrogens (tertiary/aromatic N) is 3. The van der Waals surface area contributed by atoms with Crippen LogP contribution in [0.4, 0.5) is 0 Å². The SMILES string of the molecule is CCOC(=O)c1c(C)nc2c(O)c(CN(C)C)ccn12. The van der Waals surface area contributed by atoms with Gasteiger partial charge in [0.25, 0.3) is 0 Å². The number of ether oxygens (including phenoxy) is 1. The molecule has 2 rings (SSSR count). The Hall–Kier alpha value is -2.08. The maximum Gasteiger partial charge on any atom is 0.357 e. The monoisotopic (exact) mass is 277 g/mol. The zero-order valence-electron chi connectivity index (χ0n) is 12.2. The number of carbonyl (C=O) groups is 1. The molecule has 0 aliphatic heterocycles. The summed E-state index contributed by atoms with van der Waals surface area (Å²) in [5.74, 6) is -0.336. The van der Waals surface area contributed by atoms with Crippen molar-refractivity contribution in [2.45, 2.75) is 20.4 Å². The lowest BCUT2D eigenvalue weighted by Crippen LogP contribution is -2.12. The molecule has 2 aromatic heterocycles. The summed E-state index contributed by atoms with van der Waals surface area (Å²) in [6.45, 7) is 4.38. The Labute approximate surface area is 117 Å². The van der Waals surface area contributed by atoms with Gasteiger partial charge in [0.05, 0.1) is 12.3 Å². The van der Waals surface area contributed by atoms with E-state index in [1.807, 2.05) is 19.0 Å². The topological polar surface area (TPSA) is 67.1 Å². The van der Waals surface area contributed by atoms with Crippen LogP contribution in [0.2, 0.25) is 0 Å². The number of hydrogen-bond donors (Lipinski definition) is 1. The fourth-order valence-corrected chi connectivity index (χ4v) is 2.16. The largest absolute Gasteiger partial charge is 0.504 e. The number of fused-ring (bicyclic) bond motifs is 1. The maximum atomic E-state index is 11.9. The molecule has 1 N–H and O–H groups in total. The van der Waals surface area contributed by atoms with Gasteiger partial charge in [0.15, 0.2) is 17.1 Å². The van der Waals surface area contributed by atoms with Gasteiger partial charge in [-0.1, -0.05) is 0 Å². The molecule has 0 amide bonds. The number of rotatable bonds is 4. The average Bonchev–Trinajstić information content (AvgIpc) is 2.70. The van der Waals surface area contributed by atoms with Crippen LogP contribution in [-0.2, 0) is 11.3 Å². The van der Waals surface area contributed by atoms with Gasteiger partial charge in [0.2, 0.25) is 0 Å². The van der Waals surface area contributed by atoms with E-state index in [9.17, 15) is 9.90 Å². The minimum Gasteiger partial charge on any atom is -0.504 e. The lowest BCUT2D eigenvalue weighted by Gasteiger charge is -2.12. The smallest absolute Gasteiger partial charge is 0.357 e. The van der Waals surface area contributed by atoms with Gasteiger partial charge in [-0.3, -0.25) is 4.40 Å². The van der Waals surface area contributed by atoms with Crippen LogP contribution < -0.4 is 0 Å². The molecular formula is C14H19N3O3. The highest BCUT2D eigenvalue weighted by Gasteiger charge is 2.20. The van der Waals surface area contributed by atoms with E-state index in [-0.39, 0.29) is 5.75 Å². The second kappa shape index (κ2) is 5.50. The molecule has 0 saturated carbocycles. The molecule has 20 heavy (non-hydrogen) atoms. The molecule has 108 valence electrons. The molecule has 0 fully saturated rings. The van der Waals surface area contributed by atoms with Crippen LogP contribution in [0, 0.1) is 6.92 Å². The van der Waals surface area contributed by atoms with Gasteiger partial charge in [-0.25, -0.2) is 9.78 Å². The Bertz CT molecular complexity index is 647. The van der Waals surface area contributed by atoms with Gasteiger partial charge in [-0.15, -0.1) is 0 Å². The van der Waals surface area contributed by atoms with Crippen LogP contribution in [-0.4, -0.2) is 46.1 Å². The van der Waals surface area contributed by atoms with Crippen LogP contribution in [0.1, 0.15) is 28.7 Å². The minimum absolute atomic E-state index is 0.0971. The molecule has 6 nitrogen and oxygen atoms in total. The summed E-state index contributed by atoms with van der Waals surface area (Å²) in [7, 11) is 3.84. The first-order valence-corrected chi connectivity index (χ1v) is 6.47. The van der Waals surface area contributed by atoms with Crippen LogP contribution in [0.25, 0.3) is 5.65 Å². The summed E-state index contributed by atoms with van der Waals surface area (Å²) in [6.07, 6.45) is 1.74. The van der Waals surface area contributed by atoms with Crippen molar-refractivity contribution in [3.05, 3.63) is 29.2 Å². The van der Waals surface area contributed by atoms with Crippen LogP contribution in [0.15, 0.2) is 12.3 Å². The average molecular weight is 277 g/mol. The van der Waals surface area contributed by atoms with E-state index in [1.165, 1.54) is 0 Å². The zero-order valence-corrected chi connectivity index (χ0v) is 12.2. The standard InChI is InChI=1S/C14H19N3O3/c1-5-20-14(19)11-9(2)15-13-12(18)10(8-16(3)4)6-7-17(11)13/h6-7,18H,5,8H2,1-4H3. The van der Waals surface area contributed by atoms with Gasteiger partial charge in [0.1, 0.15) is 0 Å². The van der Waals surface area contributed by atoms with Gasteiger partial charge in [0, 0.05) is 18.3 Å². The Balaban J connectivity index is 2.56. The molecule has 0 spiro atoms. The van der Waals surface area contributed by atoms with Crippen LogP contribution in [0.3, 0.4) is 0 Å². The summed E-state index contributed by atoms with van der Waals surface area (Å²) < 4.78 is 6.59. The fourth-order valence-electron chi connectivity index (χ4n) is 2.16. The third-order valence-electron chi connectivity index (χ3n) is 2.98. The summed E-state index contributed by atoms with van der Waals surface area (Å²) in [6, 6.07) is 1.78. The van der Waals surface area contributed by atoms with Crippen molar-refractivity contribution in [3.63, 3.8) is 0 Å². The molecule has 2 heterocycles. The van der Waals surface area contributed by atoms with E-state index in [1.54, 1.807) is 30.5 Å². The van der Waals surface area contributed by atoms with Gasteiger partial charge < -0.3 is 14.7 Å². The third-order valence-corrected chi connectivity index (χ3v) is 2.98. The molecule has 0 aliphatic carbocycles.